The Hall–Kier alpha value is -2.05. The predicted octanol–water partition coefficient (Wildman–Crippen LogP) is 3.47. The highest BCUT2D eigenvalue weighted by Crippen LogP contribution is 2.33. The van der Waals surface area contributed by atoms with E-state index in [0.29, 0.717) is 16.1 Å². The third-order valence-corrected chi connectivity index (χ3v) is 4.50. The first-order chi connectivity index (χ1) is 11.2. The van der Waals surface area contributed by atoms with Crippen molar-refractivity contribution in [1.29, 1.82) is 0 Å². The molecular formula is C16H16Cl2N2O4. The molecule has 0 aliphatic heterocycles. The first-order valence-corrected chi connectivity index (χ1v) is 7.77. The lowest BCUT2D eigenvalue weighted by Crippen LogP contribution is -2.12. The Labute approximate surface area is 149 Å². The summed E-state index contributed by atoms with van der Waals surface area (Å²) in [6, 6.07) is 1.63. The largest absolute Gasteiger partial charge is 0.440 e. The molecule has 1 heterocycles. The molecule has 0 bridgehead atoms. The highest BCUT2D eigenvalue weighted by Gasteiger charge is 2.23. The molecule has 6 nitrogen and oxygen atoms in total. The van der Waals surface area contributed by atoms with Gasteiger partial charge < -0.3 is 9.47 Å². The maximum absolute atomic E-state index is 12.8. The van der Waals surface area contributed by atoms with E-state index in [0.717, 1.165) is 5.56 Å². The van der Waals surface area contributed by atoms with Crippen molar-refractivity contribution in [3.8, 4) is 5.88 Å². The van der Waals surface area contributed by atoms with E-state index in [2.05, 4.69) is 5.10 Å². The number of rotatable bonds is 5. The molecule has 0 aliphatic carbocycles. The molecule has 0 aliphatic rings. The number of hydrogen-bond donors (Lipinski definition) is 0. The van der Waals surface area contributed by atoms with Gasteiger partial charge in [-0.05, 0) is 31.0 Å². The van der Waals surface area contributed by atoms with Crippen molar-refractivity contribution in [2.75, 3.05) is 6.79 Å². The fourth-order valence-corrected chi connectivity index (χ4v) is 2.60. The molecule has 128 valence electrons. The lowest BCUT2D eigenvalue weighted by atomic mass is 10.0. The van der Waals surface area contributed by atoms with Gasteiger partial charge in [0.1, 0.15) is 5.56 Å². The number of nitrogens with zero attached hydrogens (tertiary/aromatic N) is 2. The van der Waals surface area contributed by atoms with Crippen LogP contribution < -0.4 is 4.74 Å². The molecule has 24 heavy (non-hydrogen) atoms. The van der Waals surface area contributed by atoms with Crippen LogP contribution in [0.25, 0.3) is 0 Å². The summed E-state index contributed by atoms with van der Waals surface area (Å²) in [6.07, 6.45) is 1.38. The number of aromatic nitrogens is 2. The molecule has 0 fully saturated rings. The van der Waals surface area contributed by atoms with Gasteiger partial charge in [0.05, 0.1) is 11.2 Å². The number of ether oxygens (including phenoxy) is 2. The lowest BCUT2D eigenvalue weighted by molar-refractivity contribution is -0.147. The average molecular weight is 371 g/mol. The minimum absolute atomic E-state index is 0.183. The number of hydrogen-bond acceptors (Lipinski definition) is 5. The Morgan fingerprint density at radius 2 is 1.88 bits per heavy atom. The first-order valence-electron chi connectivity index (χ1n) is 7.02. The average Bonchev–Trinajstić information content (AvgIpc) is 2.89. The summed E-state index contributed by atoms with van der Waals surface area (Å²) in [7, 11) is 1.61. The fraction of sp³-hybridized carbons (Fsp3) is 0.312. The van der Waals surface area contributed by atoms with Gasteiger partial charge in [-0.25, -0.2) is 4.68 Å². The summed E-state index contributed by atoms with van der Waals surface area (Å²) in [5.41, 5.74) is 1.90. The summed E-state index contributed by atoms with van der Waals surface area (Å²) < 4.78 is 11.5. The van der Waals surface area contributed by atoms with Gasteiger partial charge in [-0.15, -0.1) is 0 Å². The molecule has 0 N–H and O–H groups in total. The van der Waals surface area contributed by atoms with Crippen LogP contribution >= 0.6 is 23.2 Å². The molecule has 0 saturated carbocycles. The zero-order valence-electron chi connectivity index (χ0n) is 13.6. The van der Waals surface area contributed by atoms with E-state index >= 15 is 0 Å². The van der Waals surface area contributed by atoms with Crippen molar-refractivity contribution in [2.45, 2.75) is 20.8 Å². The van der Waals surface area contributed by atoms with Crippen molar-refractivity contribution in [1.82, 2.24) is 9.78 Å². The van der Waals surface area contributed by atoms with Gasteiger partial charge in [-0.1, -0.05) is 23.2 Å². The third kappa shape index (κ3) is 3.55. The molecule has 1 aromatic carbocycles. The monoisotopic (exact) mass is 370 g/mol. The van der Waals surface area contributed by atoms with Crippen LogP contribution in [0.15, 0.2) is 12.3 Å². The second-order valence-corrected chi connectivity index (χ2v) is 5.96. The standard InChI is InChI=1S/C16H16Cl2N2O4/c1-8-5-11(14(18)9(2)13(8)17)15(22)12-6-19-20(4)16(12)24-7-23-10(3)21/h5-6H,7H2,1-4H3. The van der Waals surface area contributed by atoms with Crippen molar-refractivity contribution >= 4 is 35.0 Å². The number of aryl methyl sites for hydroxylation is 2. The minimum atomic E-state index is -0.489. The third-order valence-electron chi connectivity index (χ3n) is 3.43. The van der Waals surface area contributed by atoms with E-state index in [1.165, 1.54) is 17.8 Å². The highest BCUT2D eigenvalue weighted by molar-refractivity contribution is 6.39. The van der Waals surface area contributed by atoms with E-state index in [-0.39, 0.29) is 29.0 Å². The number of esters is 1. The minimum Gasteiger partial charge on any atom is -0.440 e. The van der Waals surface area contributed by atoms with Crippen LogP contribution in [0.1, 0.15) is 34.0 Å². The van der Waals surface area contributed by atoms with Crippen molar-refractivity contribution in [2.24, 2.45) is 7.05 Å². The van der Waals surface area contributed by atoms with Crippen LogP contribution in [0.2, 0.25) is 10.0 Å². The first kappa shape index (κ1) is 18.3. The Bertz CT molecular complexity index is 815. The van der Waals surface area contributed by atoms with Crippen LogP contribution in [0.4, 0.5) is 0 Å². The highest BCUT2D eigenvalue weighted by atomic mass is 35.5. The summed E-state index contributed by atoms with van der Waals surface area (Å²) in [4.78, 5) is 23.7. The van der Waals surface area contributed by atoms with Gasteiger partial charge in [-0.2, -0.15) is 5.10 Å². The van der Waals surface area contributed by atoms with Crippen molar-refractivity contribution in [3.63, 3.8) is 0 Å². The summed E-state index contributed by atoms with van der Waals surface area (Å²) in [5.74, 6) is -0.659. The Morgan fingerprint density at radius 1 is 1.21 bits per heavy atom. The van der Waals surface area contributed by atoms with E-state index in [1.54, 1.807) is 27.0 Å². The van der Waals surface area contributed by atoms with Crippen LogP contribution in [-0.2, 0) is 16.6 Å². The molecule has 8 heteroatoms. The Morgan fingerprint density at radius 3 is 2.50 bits per heavy atom. The van der Waals surface area contributed by atoms with E-state index in [4.69, 9.17) is 32.7 Å². The Kier molecular flexibility index (Phi) is 5.51. The number of halogens is 2. The second kappa shape index (κ2) is 7.23. The van der Waals surface area contributed by atoms with Crippen molar-refractivity contribution in [3.05, 3.63) is 44.6 Å². The summed E-state index contributed by atoms with van der Waals surface area (Å²) in [6.45, 7) is 4.48. The molecule has 2 aromatic rings. The molecule has 0 radical (unpaired) electrons. The zero-order chi connectivity index (χ0) is 18.0. The van der Waals surface area contributed by atoms with Gasteiger partial charge in [0, 0.05) is 24.6 Å². The van der Waals surface area contributed by atoms with Gasteiger partial charge in [0.2, 0.25) is 18.5 Å². The van der Waals surface area contributed by atoms with Gasteiger partial charge in [0.25, 0.3) is 0 Å². The van der Waals surface area contributed by atoms with Crippen LogP contribution in [0.5, 0.6) is 5.88 Å². The second-order valence-electron chi connectivity index (χ2n) is 5.21. The molecule has 0 spiro atoms. The maximum Gasteiger partial charge on any atom is 0.305 e. The smallest absolute Gasteiger partial charge is 0.305 e. The van der Waals surface area contributed by atoms with Gasteiger partial charge >= 0.3 is 5.97 Å². The van der Waals surface area contributed by atoms with Gasteiger partial charge in [0.15, 0.2) is 0 Å². The van der Waals surface area contributed by atoms with Gasteiger partial charge in [-0.3, -0.25) is 9.59 Å². The van der Waals surface area contributed by atoms with Crippen molar-refractivity contribution < 1.29 is 19.1 Å². The molecule has 1 aromatic heterocycles. The molecule has 0 amide bonds. The number of ketones is 1. The summed E-state index contributed by atoms with van der Waals surface area (Å²) in [5, 5.41) is 4.82. The van der Waals surface area contributed by atoms with E-state index in [1.807, 2.05) is 0 Å². The lowest BCUT2D eigenvalue weighted by Gasteiger charge is -2.12. The summed E-state index contributed by atoms with van der Waals surface area (Å²) >= 11 is 12.4. The molecule has 0 unspecified atom stereocenters. The quantitative estimate of drug-likeness (QED) is 0.457. The number of carbonyl (C=O) groups excluding carboxylic acids is 2. The predicted molar refractivity (Wildman–Crippen MR) is 89.8 cm³/mol. The van der Waals surface area contributed by atoms with Crippen LogP contribution in [-0.4, -0.2) is 28.3 Å². The van der Waals surface area contributed by atoms with Crippen LogP contribution in [0, 0.1) is 13.8 Å². The zero-order valence-corrected chi connectivity index (χ0v) is 15.2. The SMILES string of the molecule is CC(=O)OCOc1c(C(=O)c2cc(C)c(Cl)c(C)c2Cl)cnn1C. The van der Waals surface area contributed by atoms with E-state index < -0.39 is 5.97 Å². The van der Waals surface area contributed by atoms with Crippen LogP contribution in [0.3, 0.4) is 0 Å². The normalized spacial score (nSPS) is 10.6. The molecule has 2 rings (SSSR count). The van der Waals surface area contributed by atoms with E-state index in [9.17, 15) is 9.59 Å². The fourth-order valence-electron chi connectivity index (χ4n) is 2.17. The Balaban J connectivity index is 2.39. The molecular weight excluding hydrogens is 355 g/mol. The molecule has 0 atom stereocenters. The number of carbonyl (C=O) groups is 2. The maximum atomic E-state index is 12.8. The number of benzene rings is 1. The molecule has 0 saturated heterocycles. The topological polar surface area (TPSA) is 70.4 Å².